The Hall–Kier alpha value is -2.58. The van der Waals surface area contributed by atoms with E-state index in [9.17, 15) is 12.8 Å². The predicted molar refractivity (Wildman–Crippen MR) is 87.6 cm³/mol. The minimum absolute atomic E-state index is 0.0878. The molecule has 0 aliphatic heterocycles. The molecule has 2 atom stereocenters. The molecule has 1 aliphatic carbocycles. The highest BCUT2D eigenvalue weighted by Gasteiger charge is 2.43. The average molecular weight is 359 g/mol. The SMILES string of the molecule is NS(=O)(=O)c1ccc([C@@H]2C[C@H]2c2nc(-c3ccc(F)cc3)no2)cc1. The van der Waals surface area contributed by atoms with Crippen LogP contribution in [0.5, 0.6) is 0 Å². The lowest BCUT2D eigenvalue weighted by molar-refractivity contribution is 0.378. The van der Waals surface area contributed by atoms with Gasteiger partial charge in [0.1, 0.15) is 5.82 Å². The summed E-state index contributed by atoms with van der Waals surface area (Å²) in [7, 11) is -3.69. The molecule has 25 heavy (non-hydrogen) atoms. The fourth-order valence-corrected chi connectivity index (χ4v) is 3.36. The van der Waals surface area contributed by atoms with Crippen molar-refractivity contribution >= 4 is 10.0 Å². The molecule has 128 valence electrons. The Morgan fingerprint density at radius 1 is 1.04 bits per heavy atom. The van der Waals surface area contributed by atoms with Crippen LogP contribution in [0.3, 0.4) is 0 Å². The first-order valence-electron chi connectivity index (χ1n) is 7.64. The van der Waals surface area contributed by atoms with Gasteiger partial charge in [-0.05, 0) is 54.3 Å². The maximum absolute atomic E-state index is 13.0. The van der Waals surface area contributed by atoms with Crippen LogP contribution in [0.15, 0.2) is 57.9 Å². The first-order valence-corrected chi connectivity index (χ1v) is 9.19. The maximum atomic E-state index is 13.0. The van der Waals surface area contributed by atoms with E-state index >= 15 is 0 Å². The topological polar surface area (TPSA) is 99.1 Å². The number of nitrogens with zero attached hydrogens (tertiary/aromatic N) is 2. The second-order valence-corrected chi connectivity index (χ2v) is 7.59. The Morgan fingerprint density at radius 2 is 1.72 bits per heavy atom. The zero-order valence-electron chi connectivity index (χ0n) is 13.0. The van der Waals surface area contributed by atoms with E-state index in [-0.39, 0.29) is 22.5 Å². The Balaban J connectivity index is 1.51. The van der Waals surface area contributed by atoms with E-state index in [1.807, 2.05) is 0 Å². The molecule has 0 spiro atoms. The summed E-state index contributed by atoms with van der Waals surface area (Å²) in [5, 5.41) is 9.05. The molecule has 0 saturated heterocycles. The van der Waals surface area contributed by atoms with Gasteiger partial charge in [-0.2, -0.15) is 4.98 Å². The number of benzene rings is 2. The van der Waals surface area contributed by atoms with Gasteiger partial charge in [-0.15, -0.1) is 0 Å². The van der Waals surface area contributed by atoms with Gasteiger partial charge < -0.3 is 4.52 Å². The van der Waals surface area contributed by atoms with Gasteiger partial charge in [-0.3, -0.25) is 0 Å². The summed E-state index contributed by atoms with van der Waals surface area (Å²) >= 11 is 0. The molecule has 1 fully saturated rings. The zero-order valence-corrected chi connectivity index (χ0v) is 13.8. The molecule has 0 unspecified atom stereocenters. The van der Waals surface area contributed by atoms with Crippen LogP contribution in [-0.4, -0.2) is 18.6 Å². The summed E-state index contributed by atoms with van der Waals surface area (Å²) in [5.41, 5.74) is 1.69. The van der Waals surface area contributed by atoms with Crippen molar-refractivity contribution in [2.24, 2.45) is 5.14 Å². The fraction of sp³-hybridized carbons (Fsp3) is 0.176. The monoisotopic (exact) mass is 359 g/mol. The molecule has 3 aromatic rings. The second kappa shape index (κ2) is 5.75. The van der Waals surface area contributed by atoms with Crippen molar-refractivity contribution < 1.29 is 17.3 Å². The summed E-state index contributed by atoms with van der Waals surface area (Å²) in [5.74, 6) is 0.931. The van der Waals surface area contributed by atoms with Crippen LogP contribution in [0, 0.1) is 5.82 Å². The van der Waals surface area contributed by atoms with Gasteiger partial charge in [0.2, 0.25) is 21.7 Å². The summed E-state index contributed by atoms with van der Waals surface area (Å²) < 4.78 is 40.9. The molecule has 6 nitrogen and oxygen atoms in total. The van der Waals surface area contributed by atoms with Crippen molar-refractivity contribution in [3.63, 3.8) is 0 Å². The van der Waals surface area contributed by atoms with Crippen LogP contribution in [0.4, 0.5) is 4.39 Å². The fourth-order valence-electron chi connectivity index (χ4n) is 2.84. The van der Waals surface area contributed by atoms with Crippen LogP contribution in [0.1, 0.15) is 29.7 Å². The molecule has 1 aliphatic rings. The third-order valence-corrected chi connectivity index (χ3v) is 5.22. The molecule has 4 rings (SSSR count). The number of halogens is 1. The van der Waals surface area contributed by atoms with Gasteiger partial charge in [0.05, 0.1) is 4.90 Å². The van der Waals surface area contributed by atoms with Gasteiger partial charge in [-0.25, -0.2) is 17.9 Å². The van der Waals surface area contributed by atoms with Gasteiger partial charge in [0, 0.05) is 11.5 Å². The highest BCUT2D eigenvalue weighted by Crippen LogP contribution is 2.54. The van der Waals surface area contributed by atoms with Crippen molar-refractivity contribution in [1.82, 2.24) is 10.1 Å². The Bertz CT molecular complexity index is 1010. The first-order chi connectivity index (χ1) is 11.9. The van der Waals surface area contributed by atoms with Crippen molar-refractivity contribution in [3.05, 3.63) is 65.8 Å². The lowest BCUT2D eigenvalue weighted by Crippen LogP contribution is -2.11. The number of hydrogen-bond donors (Lipinski definition) is 1. The quantitative estimate of drug-likeness (QED) is 0.772. The van der Waals surface area contributed by atoms with Crippen molar-refractivity contribution in [1.29, 1.82) is 0 Å². The standard InChI is InChI=1S/C17H14FN3O3S/c18-12-5-1-11(2-6-12)16-20-17(24-21-16)15-9-14(15)10-3-7-13(8-4-10)25(19,22)23/h1-8,14-15H,9H2,(H2,19,22,23)/t14-,15+/m0/s1. The minimum atomic E-state index is -3.69. The molecular weight excluding hydrogens is 345 g/mol. The first kappa shape index (κ1) is 15.9. The molecule has 1 saturated carbocycles. The second-order valence-electron chi connectivity index (χ2n) is 6.03. The smallest absolute Gasteiger partial charge is 0.238 e. The number of rotatable bonds is 4. The molecule has 2 aromatic carbocycles. The van der Waals surface area contributed by atoms with E-state index < -0.39 is 10.0 Å². The molecule has 1 aromatic heterocycles. The highest BCUT2D eigenvalue weighted by atomic mass is 32.2. The normalized spacial score (nSPS) is 19.8. The minimum Gasteiger partial charge on any atom is -0.339 e. The number of nitrogens with two attached hydrogens (primary N) is 1. The molecular formula is C17H14FN3O3S. The predicted octanol–water partition coefficient (Wildman–Crippen LogP) is 2.79. The van der Waals surface area contributed by atoms with Crippen LogP contribution in [0.25, 0.3) is 11.4 Å². The molecule has 0 amide bonds. The highest BCUT2D eigenvalue weighted by molar-refractivity contribution is 7.89. The summed E-state index contributed by atoms with van der Waals surface area (Å²) in [6.45, 7) is 0. The van der Waals surface area contributed by atoms with E-state index in [0.29, 0.717) is 17.3 Å². The molecule has 0 radical (unpaired) electrons. The van der Waals surface area contributed by atoms with Gasteiger partial charge >= 0.3 is 0 Å². The van der Waals surface area contributed by atoms with Crippen molar-refractivity contribution in [2.75, 3.05) is 0 Å². The van der Waals surface area contributed by atoms with E-state index in [1.165, 1.54) is 24.3 Å². The number of primary sulfonamides is 1. The lowest BCUT2D eigenvalue weighted by Gasteiger charge is -2.01. The van der Waals surface area contributed by atoms with E-state index in [4.69, 9.17) is 9.66 Å². The molecule has 0 bridgehead atoms. The van der Waals surface area contributed by atoms with Crippen LogP contribution >= 0.6 is 0 Å². The van der Waals surface area contributed by atoms with E-state index in [1.54, 1.807) is 24.3 Å². The lowest BCUT2D eigenvalue weighted by atomic mass is 10.1. The largest absolute Gasteiger partial charge is 0.339 e. The zero-order chi connectivity index (χ0) is 17.6. The van der Waals surface area contributed by atoms with Gasteiger partial charge in [0.25, 0.3) is 0 Å². The Kier molecular flexibility index (Phi) is 3.66. The van der Waals surface area contributed by atoms with Crippen LogP contribution < -0.4 is 5.14 Å². The Morgan fingerprint density at radius 3 is 2.36 bits per heavy atom. The average Bonchev–Trinajstić information content (AvgIpc) is 3.24. The van der Waals surface area contributed by atoms with E-state index in [2.05, 4.69) is 10.1 Å². The maximum Gasteiger partial charge on any atom is 0.238 e. The van der Waals surface area contributed by atoms with Gasteiger partial charge in [0.15, 0.2) is 0 Å². The summed E-state index contributed by atoms with van der Waals surface area (Å²) in [6.07, 6.45) is 0.847. The third kappa shape index (κ3) is 3.18. The molecule has 8 heteroatoms. The summed E-state index contributed by atoms with van der Waals surface area (Å²) in [4.78, 5) is 4.48. The molecule has 2 N–H and O–H groups in total. The summed E-state index contributed by atoms with van der Waals surface area (Å²) in [6, 6.07) is 12.4. The van der Waals surface area contributed by atoms with Gasteiger partial charge in [-0.1, -0.05) is 17.3 Å². The Labute approximate surface area is 143 Å². The number of hydrogen-bond acceptors (Lipinski definition) is 5. The molecule has 1 heterocycles. The third-order valence-electron chi connectivity index (χ3n) is 4.29. The number of aromatic nitrogens is 2. The van der Waals surface area contributed by atoms with Crippen molar-refractivity contribution in [3.8, 4) is 11.4 Å². The number of sulfonamides is 1. The van der Waals surface area contributed by atoms with Crippen LogP contribution in [0.2, 0.25) is 0 Å². The van der Waals surface area contributed by atoms with Crippen LogP contribution in [-0.2, 0) is 10.0 Å². The van der Waals surface area contributed by atoms with E-state index in [0.717, 1.165) is 12.0 Å². The van der Waals surface area contributed by atoms with Crippen molar-refractivity contribution in [2.45, 2.75) is 23.2 Å².